The highest BCUT2D eigenvalue weighted by Gasteiger charge is 2.08. The van der Waals surface area contributed by atoms with Crippen LogP contribution in [0.2, 0.25) is 0 Å². The number of hydrogen-bond donors (Lipinski definition) is 2. The zero-order valence-corrected chi connectivity index (χ0v) is 19.6. The Bertz CT molecular complexity index is 943. The summed E-state index contributed by atoms with van der Waals surface area (Å²) in [5, 5.41) is 6.36. The van der Waals surface area contributed by atoms with Gasteiger partial charge in [0, 0.05) is 29.8 Å². The average Bonchev–Trinajstić information content (AvgIpc) is 3.20. The molecular formula is C21H25IN4O2S. The van der Waals surface area contributed by atoms with Crippen LogP contribution in [-0.2, 0) is 17.3 Å². The molecule has 6 nitrogen and oxygen atoms in total. The molecule has 0 saturated carbocycles. The molecule has 1 aromatic heterocycles. The molecule has 3 rings (SSSR count). The highest BCUT2D eigenvalue weighted by atomic mass is 127. The molecule has 0 aliphatic rings. The number of hydrogen-bond acceptors (Lipinski definition) is 4. The second kappa shape index (κ2) is 11.7. The van der Waals surface area contributed by atoms with E-state index in [1.165, 1.54) is 5.56 Å². The summed E-state index contributed by atoms with van der Waals surface area (Å²) in [7, 11) is 0.664. The van der Waals surface area contributed by atoms with Crippen molar-refractivity contribution in [3.8, 4) is 11.5 Å². The monoisotopic (exact) mass is 524 g/mol. The van der Waals surface area contributed by atoms with Gasteiger partial charge in [-0.05, 0) is 31.2 Å². The Morgan fingerprint density at radius 3 is 2.52 bits per heavy atom. The number of nitrogens with zero attached hydrogens (tertiary/aromatic N) is 2. The van der Waals surface area contributed by atoms with Gasteiger partial charge in [-0.1, -0.05) is 35.9 Å². The van der Waals surface area contributed by atoms with Crippen LogP contribution in [0.15, 0.2) is 75.2 Å². The van der Waals surface area contributed by atoms with E-state index in [1.807, 2.05) is 61.5 Å². The van der Waals surface area contributed by atoms with Crippen molar-refractivity contribution in [2.75, 3.05) is 19.3 Å². The summed E-state index contributed by atoms with van der Waals surface area (Å²) in [5.74, 6) is 1.73. The predicted octanol–water partition coefficient (Wildman–Crippen LogP) is 3.74. The first-order chi connectivity index (χ1) is 13.7. The minimum Gasteiger partial charge on any atom is -0.444 e. The fourth-order valence-electron chi connectivity index (χ4n) is 2.56. The third kappa shape index (κ3) is 6.97. The maximum atomic E-state index is 12.2. The Morgan fingerprint density at radius 1 is 1.10 bits per heavy atom. The topological polar surface area (TPSA) is 79.5 Å². The molecule has 0 saturated heterocycles. The maximum absolute atomic E-state index is 12.2. The standard InChI is InChI=1S/C21H24N4O2S.HI/c1-16-8-10-17(11-9-16)20-25-18(15-27-20)14-24-21(22-2)23-12-13-28(26)19-6-4-3-5-7-19;/h3-11,15H,12-14H2,1-2H3,(H2,22,23,24);1H. The van der Waals surface area contributed by atoms with Gasteiger partial charge in [0.25, 0.3) is 0 Å². The molecule has 0 aliphatic heterocycles. The summed E-state index contributed by atoms with van der Waals surface area (Å²) < 4.78 is 17.8. The van der Waals surface area contributed by atoms with Gasteiger partial charge in [-0.3, -0.25) is 9.20 Å². The Morgan fingerprint density at radius 2 is 1.83 bits per heavy atom. The van der Waals surface area contributed by atoms with E-state index in [-0.39, 0.29) is 24.0 Å². The Kier molecular flexibility index (Phi) is 9.33. The Labute approximate surface area is 190 Å². The molecule has 29 heavy (non-hydrogen) atoms. The largest absolute Gasteiger partial charge is 0.444 e. The van der Waals surface area contributed by atoms with Crippen LogP contribution < -0.4 is 10.6 Å². The lowest BCUT2D eigenvalue weighted by atomic mass is 10.1. The second-order valence-electron chi connectivity index (χ2n) is 6.23. The molecule has 0 aliphatic carbocycles. The van der Waals surface area contributed by atoms with Crippen LogP contribution in [0.3, 0.4) is 0 Å². The van der Waals surface area contributed by atoms with Crippen LogP contribution in [0.1, 0.15) is 11.3 Å². The number of benzene rings is 2. The molecule has 0 radical (unpaired) electrons. The summed E-state index contributed by atoms with van der Waals surface area (Å²) in [4.78, 5) is 9.52. The van der Waals surface area contributed by atoms with Crippen LogP contribution in [0, 0.1) is 6.92 Å². The summed E-state index contributed by atoms with van der Waals surface area (Å²) in [6, 6.07) is 17.5. The molecule has 8 heteroatoms. The summed E-state index contributed by atoms with van der Waals surface area (Å²) in [5.41, 5.74) is 2.93. The fourth-order valence-corrected chi connectivity index (χ4v) is 3.55. The van der Waals surface area contributed by atoms with Gasteiger partial charge in [-0.15, -0.1) is 24.0 Å². The van der Waals surface area contributed by atoms with Crippen LogP contribution in [0.4, 0.5) is 0 Å². The number of rotatable bonds is 7. The first kappa shape index (κ1) is 23.1. The number of nitrogens with one attached hydrogen (secondary N) is 2. The van der Waals surface area contributed by atoms with Crippen LogP contribution in [0.25, 0.3) is 11.5 Å². The molecule has 1 heterocycles. The molecule has 0 bridgehead atoms. The van der Waals surface area contributed by atoms with Crippen molar-refractivity contribution in [3.05, 3.63) is 72.1 Å². The van der Waals surface area contributed by atoms with Gasteiger partial charge < -0.3 is 15.1 Å². The smallest absolute Gasteiger partial charge is 0.226 e. The van der Waals surface area contributed by atoms with Crippen molar-refractivity contribution in [2.24, 2.45) is 4.99 Å². The van der Waals surface area contributed by atoms with Gasteiger partial charge in [-0.25, -0.2) is 4.98 Å². The van der Waals surface area contributed by atoms with E-state index in [1.54, 1.807) is 13.3 Å². The van der Waals surface area contributed by atoms with Crippen LogP contribution in [0.5, 0.6) is 0 Å². The minimum atomic E-state index is -1.03. The van der Waals surface area contributed by atoms with Gasteiger partial charge >= 0.3 is 0 Å². The zero-order valence-electron chi connectivity index (χ0n) is 16.4. The van der Waals surface area contributed by atoms with Crippen molar-refractivity contribution < 1.29 is 8.63 Å². The molecule has 3 aromatic rings. The highest BCUT2D eigenvalue weighted by Crippen LogP contribution is 2.18. The maximum Gasteiger partial charge on any atom is 0.226 e. The molecule has 2 aromatic carbocycles. The number of oxazole rings is 1. The summed E-state index contributed by atoms with van der Waals surface area (Å²) >= 11 is 0. The van der Waals surface area contributed by atoms with Crippen molar-refractivity contribution in [2.45, 2.75) is 18.4 Å². The number of halogens is 1. The second-order valence-corrected chi connectivity index (χ2v) is 7.80. The SMILES string of the molecule is CN=C(NCCS(=O)c1ccccc1)NCc1coc(-c2ccc(C)cc2)n1.I. The van der Waals surface area contributed by atoms with Crippen LogP contribution in [-0.4, -0.2) is 34.5 Å². The predicted molar refractivity (Wildman–Crippen MR) is 128 cm³/mol. The Balaban J connectivity index is 0.00000300. The highest BCUT2D eigenvalue weighted by molar-refractivity contribution is 14.0. The van der Waals surface area contributed by atoms with Gasteiger partial charge in [-0.2, -0.15) is 0 Å². The number of aryl methyl sites for hydroxylation is 1. The molecule has 1 atom stereocenters. The van der Waals surface area contributed by atoms with E-state index < -0.39 is 10.8 Å². The molecule has 0 amide bonds. The lowest BCUT2D eigenvalue weighted by molar-refractivity contribution is 0.572. The zero-order chi connectivity index (χ0) is 19.8. The van der Waals surface area contributed by atoms with E-state index >= 15 is 0 Å². The average molecular weight is 524 g/mol. The number of aliphatic imine (C=N–C) groups is 1. The quantitative estimate of drug-likeness (QED) is 0.280. The van der Waals surface area contributed by atoms with Gasteiger partial charge in [0.05, 0.1) is 23.0 Å². The van der Waals surface area contributed by atoms with Crippen molar-refractivity contribution >= 4 is 40.7 Å². The lowest BCUT2D eigenvalue weighted by Crippen LogP contribution is -2.38. The lowest BCUT2D eigenvalue weighted by Gasteiger charge is -2.10. The van der Waals surface area contributed by atoms with E-state index in [2.05, 4.69) is 20.6 Å². The fraction of sp³-hybridized carbons (Fsp3) is 0.238. The van der Waals surface area contributed by atoms with Crippen molar-refractivity contribution in [1.29, 1.82) is 0 Å². The number of aromatic nitrogens is 1. The van der Waals surface area contributed by atoms with E-state index in [0.29, 0.717) is 30.7 Å². The van der Waals surface area contributed by atoms with Crippen molar-refractivity contribution in [3.63, 3.8) is 0 Å². The van der Waals surface area contributed by atoms with E-state index in [4.69, 9.17) is 4.42 Å². The minimum absolute atomic E-state index is 0. The summed E-state index contributed by atoms with van der Waals surface area (Å²) in [6.07, 6.45) is 1.64. The normalized spacial score (nSPS) is 12.1. The first-order valence-electron chi connectivity index (χ1n) is 9.05. The van der Waals surface area contributed by atoms with Gasteiger partial charge in [0.1, 0.15) is 6.26 Å². The van der Waals surface area contributed by atoms with E-state index in [0.717, 1.165) is 16.2 Å². The van der Waals surface area contributed by atoms with Gasteiger partial charge in [0.2, 0.25) is 5.89 Å². The first-order valence-corrected chi connectivity index (χ1v) is 10.4. The molecule has 1 unspecified atom stereocenters. The third-order valence-electron chi connectivity index (χ3n) is 4.10. The van der Waals surface area contributed by atoms with E-state index in [9.17, 15) is 4.21 Å². The molecule has 2 N–H and O–H groups in total. The molecule has 0 fully saturated rings. The number of guanidine groups is 1. The summed E-state index contributed by atoms with van der Waals surface area (Å²) in [6.45, 7) is 3.08. The van der Waals surface area contributed by atoms with Gasteiger partial charge in [0.15, 0.2) is 5.96 Å². The Hall–Kier alpha value is -2.20. The third-order valence-corrected chi connectivity index (χ3v) is 5.47. The molecule has 154 valence electrons. The van der Waals surface area contributed by atoms with Crippen molar-refractivity contribution in [1.82, 2.24) is 15.6 Å². The molecule has 0 spiro atoms. The van der Waals surface area contributed by atoms with Crippen LogP contribution >= 0.6 is 24.0 Å². The molecular weight excluding hydrogens is 499 g/mol.